The highest BCUT2D eigenvalue weighted by atomic mass is 79.9. The molecule has 3 heterocycles. The number of pyridine rings is 1. The number of thiocarbonyl (C=S) groups is 1. The van der Waals surface area contributed by atoms with Crippen LogP contribution in [0.4, 0.5) is 5.69 Å². The Morgan fingerprint density at radius 3 is 2.51 bits per heavy atom. The third-order valence-electron chi connectivity index (χ3n) is 6.62. The van der Waals surface area contributed by atoms with E-state index in [2.05, 4.69) is 93.9 Å². The number of rotatable bonds is 5. The predicted octanol–water partition coefficient (Wildman–Crippen LogP) is 6.75. The summed E-state index contributed by atoms with van der Waals surface area (Å²) in [4.78, 5) is 6.92. The van der Waals surface area contributed by atoms with E-state index in [0.717, 1.165) is 44.2 Å². The quantitative estimate of drug-likeness (QED) is 0.280. The molecule has 4 aromatic rings. The monoisotopic (exact) mass is 546 g/mol. The van der Waals surface area contributed by atoms with E-state index >= 15 is 0 Å². The van der Waals surface area contributed by atoms with Crippen molar-refractivity contribution in [2.75, 3.05) is 12.0 Å². The summed E-state index contributed by atoms with van der Waals surface area (Å²) in [5.41, 5.74) is 7.75. The van der Waals surface area contributed by atoms with Crippen LogP contribution in [0, 0.1) is 20.8 Å². The van der Waals surface area contributed by atoms with Crippen molar-refractivity contribution in [1.82, 2.24) is 14.9 Å². The molecule has 0 amide bonds. The number of nitrogens with zero attached hydrogens (tertiary/aromatic N) is 3. The minimum atomic E-state index is -0.0908. The van der Waals surface area contributed by atoms with Gasteiger partial charge in [0.15, 0.2) is 5.11 Å². The van der Waals surface area contributed by atoms with Crippen molar-refractivity contribution >= 4 is 38.9 Å². The maximum absolute atomic E-state index is 5.91. The van der Waals surface area contributed by atoms with E-state index in [9.17, 15) is 0 Å². The average Bonchev–Trinajstić information content (AvgIpc) is 3.36. The molecule has 0 aliphatic carbocycles. The molecule has 1 aliphatic rings. The molecular weight excluding hydrogens is 520 g/mol. The number of hydrogen-bond donors (Lipinski definition) is 1. The third kappa shape index (κ3) is 4.23. The van der Waals surface area contributed by atoms with Gasteiger partial charge in [0, 0.05) is 39.5 Å². The molecule has 0 saturated carbocycles. The van der Waals surface area contributed by atoms with Crippen LogP contribution in [0.25, 0.3) is 5.69 Å². The van der Waals surface area contributed by atoms with Crippen LogP contribution in [-0.4, -0.2) is 21.8 Å². The molecule has 35 heavy (non-hydrogen) atoms. The fourth-order valence-corrected chi connectivity index (χ4v) is 5.55. The second kappa shape index (κ2) is 9.47. The van der Waals surface area contributed by atoms with Crippen LogP contribution in [0.15, 0.2) is 77.4 Å². The molecule has 1 aliphatic heterocycles. The van der Waals surface area contributed by atoms with E-state index in [1.165, 1.54) is 5.56 Å². The van der Waals surface area contributed by atoms with Gasteiger partial charge in [0.2, 0.25) is 0 Å². The summed E-state index contributed by atoms with van der Waals surface area (Å²) in [5.74, 6) is 0.832. The van der Waals surface area contributed by atoms with E-state index in [-0.39, 0.29) is 12.1 Å². The lowest BCUT2D eigenvalue weighted by atomic mass is 9.96. The Labute approximate surface area is 219 Å². The van der Waals surface area contributed by atoms with Gasteiger partial charge in [0.1, 0.15) is 5.75 Å². The van der Waals surface area contributed by atoms with Gasteiger partial charge in [-0.1, -0.05) is 28.1 Å². The highest BCUT2D eigenvalue weighted by Crippen LogP contribution is 2.44. The fraction of sp³-hybridized carbons (Fsp3) is 0.214. The van der Waals surface area contributed by atoms with Crippen molar-refractivity contribution in [2.45, 2.75) is 32.9 Å². The van der Waals surface area contributed by atoms with Crippen molar-refractivity contribution in [3.8, 4) is 11.4 Å². The maximum Gasteiger partial charge on any atom is 0.174 e. The molecule has 1 N–H and O–H groups in total. The molecule has 2 atom stereocenters. The Morgan fingerprint density at radius 2 is 1.80 bits per heavy atom. The summed E-state index contributed by atoms with van der Waals surface area (Å²) in [6.07, 6.45) is 1.84. The Hall–Kier alpha value is -3.16. The number of nitrogens with one attached hydrogen (secondary N) is 1. The molecule has 1 fully saturated rings. The molecule has 7 heteroatoms. The largest absolute Gasteiger partial charge is 0.497 e. The van der Waals surface area contributed by atoms with Crippen LogP contribution in [0.3, 0.4) is 0 Å². The van der Waals surface area contributed by atoms with Crippen molar-refractivity contribution in [2.24, 2.45) is 0 Å². The Morgan fingerprint density at radius 1 is 0.971 bits per heavy atom. The SMILES string of the molecule is COc1cccc(-n2c(C)cc([C@H]3[C@H](c4ccccn4)NC(=S)N3c3ccc(Br)c(C)c3)c2C)c1. The van der Waals surface area contributed by atoms with Crippen molar-refractivity contribution in [1.29, 1.82) is 0 Å². The lowest BCUT2D eigenvalue weighted by molar-refractivity contribution is 0.414. The number of ether oxygens (including phenoxy) is 1. The van der Waals surface area contributed by atoms with Crippen molar-refractivity contribution in [3.05, 3.63) is 106 Å². The summed E-state index contributed by atoms with van der Waals surface area (Å²) >= 11 is 9.55. The molecular formula is C28H27BrN4OS. The number of halogens is 1. The minimum Gasteiger partial charge on any atom is -0.497 e. The first-order valence-corrected chi connectivity index (χ1v) is 12.7. The highest BCUT2D eigenvalue weighted by Gasteiger charge is 2.42. The molecule has 1 saturated heterocycles. The zero-order chi connectivity index (χ0) is 24.7. The second-order valence-electron chi connectivity index (χ2n) is 8.79. The van der Waals surface area contributed by atoms with Gasteiger partial charge >= 0.3 is 0 Å². The molecule has 0 bridgehead atoms. The Balaban J connectivity index is 1.68. The fourth-order valence-electron chi connectivity index (χ4n) is 4.96. The number of anilines is 1. The summed E-state index contributed by atoms with van der Waals surface area (Å²) in [6, 6.07) is 22.7. The predicted molar refractivity (Wildman–Crippen MR) is 149 cm³/mol. The first-order valence-electron chi connectivity index (χ1n) is 11.5. The number of methoxy groups -OCH3 is 1. The summed E-state index contributed by atoms with van der Waals surface area (Å²) in [7, 11) is 1.70. The van der Waals surface area contributed by atoms with Gasteiger partial charge in [-0.05, 0) is 92.6 Å². The zero-order valence-corrected chi connectivity index (χ0v) is 22.5. The Kier molecular flexibility index (Phi) is 6.38. The van der Waals surface area contributed by atoms with Crippen LogP contribution in [0.2, 0.25) is 0 Å². The molecule has 2 aromatic heterocycles. The molecule has 0 spiro atoms. The lowest BCUT2D eigenvalue weighted by Crippen LogP contribution is -2.29. The zero-order valence-electron chi connectivity index (χ0n) is 20.1. The second-order valence-corrected chi connectivity index (χ2v) is 10.0. The van der Waals surface area contributed by atoms with Gasteiger partial charge in [0.25, 0.3) is 0 Å². The number of aryl methyl sites for hydroxylation is 2. The van der Waals surface area contributed by atoms with Crippen LogP contribution < -0.4 is 15.0 Å². The van der Waals surface area contributed by atoms with Gasteiger partial charge in [-0.2, -0.15) is 0 Å². The van der Waals surface area contributed by atoms with Crippen molar-refractivity contribution in [3.63, 3.8) is 0 Å². The topological polar surface area (TPSA) is 42.3 Å². The van der Waals surface area contributed by atoms with Crippen LogP contribution in [-0.2, 0) is 0 Å². The van der Waals surface area contributed by atoms with Gasteiger partial charge < -0.3 is 19.5 Å². The van der Waals surface area contributed by atoms with Crippen LogP contribution in [0.1, 0.15) is 40.3 Å². The summed E-state index contributed by atoms with van der Waals surface area (Å²) < 4.78 is 8.84. The molecule has 0 radical (unpaired) electrons. The van der Waals surface area contributed by atoms with Crippen LogP contribution in [0.5, 0.6) is 5.75 Å². The average molecular weight is 548 g/mol. The van der Waals surface area contributed by atoms with Gasteiger partial charge in [-0.15, -0.1) is 0 Å². The summed E-state index contributed by atoms with van der Waals surface area (Å²) in [5, 5.41) is 4.26. The van der Waals surface area contributed by atoms with E-state index in [4.69, 9.17) is 21.9 Å². The molecule has 178 valence electrons. The van der Waals surface area contributed by atoms with Crippen molar-refractivity contribution < 1.29 is 4.74 Å². The number of benzene rings is 2. The molecule has 2 aromatic carbocycles. The first kappa shape index (κ1) is 23.6. The smallest absolute Gasteiger partial charge is 0.174 e. The molecule has 5 rings (SSSR count). The van der Waals surface area contributed by atoms with Gasteiger partial charge in [-0.25, -0.2) is 0 Å². The van der Waals surface area contributed by atoms with Gasteiger partial charge in [-0.3, -0.25) is 4.98 Å². The third-order valence-corrected chi connectivity index (χ3v) is 7.82. The molecule has 5 nitrogen and oxygen atoms in total. The van der Waals surface area contributed by atoms with E-state index in [1.807, 2.05) is 30.5 Å². The summed E-state index contributed by atoms with van der Waals surface area (Å²) in [6.45, 7) is 6.41. The lowest BCUT2D eigenvalue weighted by Gasteiger charge is -2.28. The first-order chi connectivity index (χ1) is 16.9. The van der Waals surface area contributed by atoms with E-state index in [0.29, 0.717) is 5.11 Å². The van der Waals surface area contributed by atoms with Gasteiger partial charge in [0.05, 0.1) is 24.9 Å². The van der Waals surface area contributed by atoms with Crippen LogP contribution >= 0.6 is 28.1 Å². The number of aromatic nitrogens is 2. The number of hydrogen-bond acceptors (Lipinski definition) is 3. The standard InChI is InChI=1S/C28H27BrN4OS/c1-17-14-21(11-12-24(17)29)33-27(26(31-28(33)35)25-10-5-6-13-30-25)23-15-18(2)32(19(23)3)20-8-7-9-22(16-20)34-4/h5-16,26-27H,1-4H3,(H,31,35)/t26-,27-/m0/s1. The molecule has 0 unspecified atom stereocenters. The Bertz CT molecular complexity index is 1400. The maximum atomic E-state index is 5.91. The van der Waals surface area contributed by atoms with E-state index < -0.39 is 0 Å². The minimum absolute atomic E-state index is 0.0662. The van der Waals surface area contributed by atoms with E-state index in [1.54, 1.807) is 7.11 Å². The highest BCUT2D eigenvalue weighted by molar-refractivity contribution is 9.10. The normalized spacial score (nSPS) is 17.5.